The maximum Gasteiger partial charge on any atom is 0.413 e. The quantitative estimate of drug-likeness (QED) is 0.588. The summed E-state index contributed by atoms with van der Waals surface area (Å²) < 4.78 is 49.0. The molecule has 1 amide bonds. The molecule has 0 aromatic heterocycles. The van der Waals surface area contributed by atoms with Gasteiger partial charge in [-0.3, -0.25) is 4.79 Å². The van der Waals surface area contributed by atoms with Gasteiger partial charge in [0, 0.05) is 18.3 Å². The first kappa shape index (κ1) is 24.1. The first-order valence-corrected chi connectivity index (χ1v) is 11.5. The number of amides is 1. The number of alkyl halides is 3. The number of benzene rings is 1. The molecule has 6 nitrogen and oxygen atoms in total. The van der Waals surface area contributed by atoms with Crippen LogP contribution in [0.3, 0.4) is 0 Å². The van der Waals surface area contributed by atoms with Crippen molar-refractivity contribution in [1.82, 2.24) is 15.5 Å². The van der Waals surface area contributed by atoms with Gasteiger partial charge in [-0.1, -0.05) is 30.4 Å². The molecule has 182 valence electrons. The second kappa shape index (κ2) is 10.0. The van der Waals surface area contributed by atoms with Crippen LogP contribution in [0.1, 0.15) is 48.1 Å². The van der Waals surface area contributed by atoms with E-state index in [1.807, 2.05) is 6.08 Å². The second-order valence-electron chi connectivity index (χ2n) is 8.54. The maximum absolute atomic E-state index is 14.7. The highest BCUT2D eigenvalue weighted by Gasteiger charge is 2.49. The zero-order valence-corrected chi connectivity index (χ0v) is 18.9. The standard InChI is InChI=1S/C25H28F3N3O3/c1-2-34-24(33)18-8-6-17(7-9-18)22(25(26,27)28)31-20(16-12-14-29-15-13-16)4-3-5-21(31)23(32)30-19-10-11-19/h3-9,12,19,21-22,29H,2,10-11,13-15H2,1H3,(H,30,32). The number of ether oxygens (including phenoxy) is 1. The highest BCUT2D eigenvalue weighted by atomic mass is 19.4. The number of nitrogens with zero attached hydrogens (tertiary/aromatic N) is 1. The van der Waals surface area contributed by atoms with E-state index in [0.717, 1.165) is 18.4 Å². The van der Waals surface area contributed by atoms with Crippen molar-refractivity contribution in [2.45, 2.75) is 50.5 Å². The molecule has 2 aliphatic heterocycles. The third-order valence-electron chi connectivity index (χ3n) is 6.04. The van der Waals surface area contributed by atoms with Gasteiger partial charge in [0.25, 0.3) is 0 Å². The normalized spacial score (nSPS) is 21.4. The number of allylic oxidation sites excluding steroid dienone is 3. The van der Waals surface area contributed by atoms with E-state index in [2.05, 4.69) is 10.6 Å². The van der Waals surface area contributed by atoms with Gasteiger partial charge in [-0.05, 0) is 62.1 Å². The Hall–Kier alpha value is -3.07. The number of esters is 1. The van der Waals surface area contributed by atoms with Gasteiger partial charge in [-0.2, -0.15) is 13.2 Å². The molecule has 1 aliphatic carbocycles. The molecule has 1 saturated carbocycles. The number of carbonyl (C=O) groups is 2. The van der Waals surface area contributed by atoms with Crippen molar-refractivity contribution in [3.05, 3.63) is 71.0 Å². The fourth-order valence-corrected chi connectivity index (χ4v) is 4.26. The van der Waals surface area contributed by atoms with Crippen LogP contribution in [-0.2, 0) is 9.53 Å². The summed E-state index contributed by atoms with van der Waals surface area (Å²) in [5.74, 6) is -1.04. The van der Waals surface area contributed by atoms with Gasteiger partial charge in [-0.25, -0.2) is 4.79 Å². The molecule has 0 saturated heterocycles. The molecule has 0 spiro atoms. The molecule has 2 unspecified atom stereocenters. The molecular formula is C25H28F3N3O3. The molecule has 0 bridgehead atoms. The smallest absolute Gasteiger partial charge is 0.413 e. The lowest BCUT2D eigenvalue weighted by Crippen LogP contribution is -2.52. The summed E-state index contributed by atoms with van der Waals surface area (Å²) in [7, 11) is 0. The van der Waals surface area contributed by atoms with Crippen LogP contribution in [-0.4, -0.2) is 54.7 Å². The molecule has 2 heterocycles. The Bertz CT molecular complexity index is 1010. The fraction of sp³-hybridized carbons (Fsp3) is 0.440. The second-order valence-corrected chi connectivity index (χ2v) is 8.54. The highest BCUT2D eigenvalue weighted by Crippen LogP contribution is 2.44. The summed E-state index contributed by atoms with van der Waals surface area (Å²) in [6, 6.07) is 2.05. The van der Waals surface area contributed by atoms with Crippen LogP contribution in [0.15, 0.2) is 59.8 Å². The van der Waals surface area contributed by atoms with Crippen molar-refractivity contribution in [3.8, 4) is 0 Å². The van der Waals surface area contributed by atoms with Gasteiger partial charge in [-0.15, -0.1) is 0 Å². The third kappa shape index (κ3) is 5.35. The summed E-state index contributed by atoms with van der Waals surface area (Å²) >= 11 is 0. The predicted octanol–water partition coefficient (Wildman–Crippen LogP) is 3.79. The van der Waals surface area contributed by atoms with E-state index in [1.54, 1.807) is 19.1 Å². The molecule has 0 radical (unpaired) electrons. The average Bonchev–Trinajstić information content (AvgIpc) is 3.63. The van der Waals surface area contributed by atoms with Gasteiger partial charge >= 0.3 is 12.1 Å². The van der Waals surface area contributed by atoms with E-state index in [-0.39, 0.29) is 23.8 Å². The molecule has 1 aromatic rings. The number of carbonyl (C=O) groups excluding carboxylic acids is 2. The minimum absolute atomic E-state index is 0.0170. The first-order valence-electron chi connectivity index (χ1n) is 11.5. The Balaban J connectivity index is 1.75. The Morgan fingerprint density at radius 2 is 1.97 bits per heavy atom. The van der Waals surface area contributed by atoms with Crippen molar-refractivity contribution >= 4 is 11.9 Å². The van der Waals surface area contributed by atoms with E-state index in [9.17, 15) is 22.8 Å². The lowest BCUT2D eigenvalue weighted by atomic mass is 9.93. The van der Waals surface area contributed by atoms with Crippen molar-refractivity contribution in [2.75, 3.05) is 19.7 Å². The van der Waals surface area contributed by atoms with Crippen LogP contribution in [0.5, 0.6) is 0 Å². The SMILES string of the molecule is CCOC(=O)c1ccc(C(N2C(C3=CCNCC3)=CC=CC2C(=O)NC2CC2)C(F)(F)F)cc1. The van der Waals surface area contributed by atoms with Crippen LogP contribution in [0.25, 0.3) is 0 Å². The van der Waals surface area contributed by atoms with E-state index >= 15 is 0 Å². The zero-order valence-electron chi connectivity index (χ0n) is 18.9. The molecule has 34 heavy (non-hydrogen) atoms. The van der Waals surface area contributed by atoms with Crippen molar-refractivity contribution in [1.29, 1.82) is 0 Å². The van der Waals surface area contributed by atoms with Crippen molar-refractivity contribution in [3.63, 3.8) is 0 Å². The number of hydrogen-bond acceptors (Lipinski definition) is 5. The molecular weight excluding hydrogens is 447 g/mol. The number of rotatable bonds is 7. The number of nitrogens with one attached hydrogen (secondary N) is 2. The zero-order chi connectivity index (χ0) is 24.3. The van der Waals surface area contributed by atoms with Crippen LogP contribution in [0, 0.1) is 0 Å². The first-order chi connectivity index (χ1) is 16.3. The lowest BCUT2D eigenvalue weighted by molar-refractivity contribution is -0.185. The summed E-state index contributed by atoms with van der Waals surface area (Å²) in [6.45, 7) is 3.02. The predicted molar refractivity (Wildman–Crippen MR) is 121 cm³/mol. The average molecular weight is 476 g/mol. The monoisotopic (exact) mass is 475 g/mol. The topological polar surface area (TPSA) is 70.7 Å². The van der Waals surface area contributed by atoms with E-state index in [4.69, 9.17) is 4.74 Å². The number of hydrogen-bond donors (Lipinski definition) is 2. The largest absolute Gasteiger partial charge is 0.462 e. The third-order valence-corrected chi connectivity index (χ3v) is 6.04. The molecule has 4 rings (SSSR count). The van der Waals surface area contributed by atoms with Gasteiger partial charge in [0.05, 0.1) is 12.2 Å². The molecule has 2 atom stereocenters. The minimum atomic E-state index is -4.68. The summed E-state index contributed by atoms with van der Waals surface area (Å²) in [5, 5.41) is 6.02. The maximum atomic E-state index is 14.7. The molecule has 1 aromatic carbocycles. The summed E-state index contributed by atoms with van der Waals surface area (Å²) in [5.41, 5.74) is 1.27. The van der Waals surface area contributed by atoms with E-state index in [1.165, 1.54) is 35.2 Å². The van der Waals surface area contributed by atoms with Gasteiger partial charge in [0.2, 0.25) is 5.91 Å². The Morgan fingerprint density at radius 1 is 1.24 bits per heavy atom. The Morgan fingerprint density at radius 3 is 2.56 bits per heavy atom. The lowest BCUT2D eigenvalue weighted by Gasteiger charge is -2.43. The van der Waals surface area contributed by atoms with Crippen molar-refractivity contribution < 1.29 is 27.5 Å². The molecule has 2 N–H and O–H groups in total. The van der Waals surface area contributed by atoms with E-state index in [0.29, 0.717) is 25.2 Å². The van der Waals surface area contributed by atoms with Crippen LogP contribution in [0.4, 0.5) is 13.2 Å². The summed E-state index contributed by atoms with van der Waals surface area (Å²) in [6.07, 6.45) is 4.22. The molecule has 3 aliphatic rings. The van der Waals surface area contributed by atoms with Crippen LogP contribution >= 0.6 is 0 Å². The summed E-state index contributed by atoms with van der Waals surface area (Å²) in [4.78, 5) is 26.2. The van der Waals surface area contributed by atoms with Crippen LogP contribution < -0.4 is 10.6 Å². The van der Waals surface area contributed by atoms with E-state index < -0.39 is 30.1 Å². The molecule has 1 fully saturated rings. The van der Waals surface area contributed by atoms with Gasteiger partial charge < -0.3 is 20.3 Å². The number of halogens is 3. The van der Waals surface area contributed by atoms with Crippen LogP contribution in [0.2, 0.25) is 0 Å². The fourth-order valence-electron chi connectivity index (χ4n) is 4.26. The minimum Gasteiger partial charge on any atom is -0.462 e. The van der Waals surface area contributed by atoms with Gasteiger partial charge in [0.1, 0.15) is 6.04 Å². The Labute approximate surface area is 196 Å². The van der Waals surface area contributed by atoms with Crippen molar-refractivity contribution in [2.24, 2.45) is 0 Å². The highest BCUT2D eigenvalue weighted by molar-refractivity contribution is 5.89. The van der Waals surface area contributed by atoms with Gasteiger partial charge in [0.15, 0.2) is 6.04 Å². The Kier molecular flexibility index (Phi) is 7.11. The molecule has 9 heteroatoms.